The Morgan fingerprint density at radius 1 is 1.27 bits per heavy atom. The maximum Gasteiger partial charge on any atom is 0.345 e. The van der Waals surface area contributed by atoms with Gasteiger partial charge in [0.15, 0.2) is 0 Å². The van der Waals surface area contributed by atoms with Gasteiger partial charge in [-0.3, -0.25) is 4.79 Å². The number of anilines is 1. The highest BCUT2D eigenvalue weighted by molar-refractivity contribution is 7.64. The van der Waals surface area contributed by atoms with E-state index in [2.05, 4.69) is 5.32 Å². The van der Waals surface area contributed by atoms with Crippen LogP contribution in [0.2, 0.25) is 0 Å². The van der Waals surface area contributed by atoms with Gasteiger partial charge in [0.25, 0.3) is 0 Å². The molecule has 1 aromatic carbocycles. The van der Waals surface area contributed by atoms with Crippen LogP contribution in [0, 0.1) is 0 Å². The van der Waals surface area contributed by atoms with Crippen molar-refractivity contribution in [3.63, 3.8) is 0 Å². The Hall–Kier alpha value is -0.223. The molecule has 0 saturated heterocycles. The fourth-order valence-electron chi connectivity index (χ4n) is 1.14. The third kappa shape index (κ3) is 5.42. The first kappa shape index (κ1) is 12.8. The molecule has 0 spiro atoms. The van der Waals surface area contributed by atoms with E-state index in [9.17, 15) is 4.79 Å². The van der Waals surface area contributed by atoms with Gasteiger partial charge in [-0.1, -0.05) is 12.1 Å². The largest absolute Gasteiger partial charge is 0.345 e. The lowest BCUT2D eigenvalue weighted by atomic mass is 10.2. The minimum atomic E-state index is -2.62. The molecule has 0 heterocycles. The summed E-state index contributed by atoms with van der Waals surface area (Å²) in [5, 5.41) is 2.67. The van der Waals surface area contributed by atoms with Crippen molar-refractivity contribution in [2.75, 3.05) is 5.32 Å². The number of hydrogen-bond donors (Lipinski definition) is 1. The van der Waals surface area contributed by atoms with E-state index in [1.165, 1.54) is 6.92 Å². The predicted molar refractivity (Wildman–Crippen MR) is 67.8 cm³/mol. The van der Waals surface area contributed by atoms with E-state index in [4.69, 9.17) is 33.2 Å². The van der Waals surface area contributed by atoms with E-state index >= 15 is 0 Å². The zero-order chi connectivity index (χ0) is 11.5. The molecule has 6 heteroatoms. The van der Waals surface area contributed by atoms with Gasteiger partial charge in [-0.2, -0.15) is 0 Å². The monoisotopic (exact) mass is 281 g/mol. The molecule has 82 valence electrons. The molecule has 1 amide bonds. The van der Waals surface area contributed by atoms with Gasteiger partial charge < -0.3 is 5.32 Å². The molecule has 0 radical (unpaired) electrons. The van der Waals surface area contributed by atoms with Gasteiger partial charge in [-0.05, 0) is 17.7 Å². The van der Waals surface area contributed by atoms with Crippen molar-refractivity contribution in [2.45, 2.75) is 13.0 Å². The number of rotatable bonds is 3. The number of amides is 1. The number of hydrogen-bond acceptors (Lipinski definition) is 1. The van der Waals surface area contributed by atoms with E-state index in [0.717, 1.165) is 11.3 Å². The highest BCUT2D eigenvalue weighted by Crippen LogP contribution is 2.25. The number of nitrogens with one attached hydrogen (secondary N) is 1. The second-order valence-electron chi connectivity index (χ2n) is 3.17. The summed E-state index contributed by atoms with van der Waals surface area (Å²) < 4.78 is 0. The lowest BCUT2D eigenvalue weighted by molar-refractivity contribution is -0.114. The lowest BCUT2D eigenvalue weighted by Crippen LogP contribution is -2.14. The van der Waals surface area contributed by atoms with Crippen molar-refractivity contribution in [1.29, 1.82) is 0 Å². The second kappa shape index (κ2) is 5.21. The first-order valence-corrected chi connectivity index (χ1v) is 9.54. The van der Waals surface area contributed by atoms with Crippen LogP contribution < -0.4 is 5.32 Å². The SMILES string of the molecule is CC(=O)Nc1ccc(C[Si](Cl)(Cl)Cl)cc1. The molecule has 0 atom stereocenters. The summed E-state index contributed by atoms with van der Waals surface area (Å²) in [6, 6.07) is 5.15. The van der Waals surface area contributed by atoms with Crippen molar-refractivity contribution in [1.82, 2.24) is 0 Å². The van der Waals surface area contributed by atoms with Crippen LogP contribution in [-0.2, 0) is 10.8 Å². The molecule has 0 bridgehead atoms. The summed E-state index contributed by atoms with van der Waals surface area (Å²) in [5.41, 5.74) is 1.72. The zero-order valence-electron chi connectivity index (χ0n) is 8.06. The van der Waals surface area contributed by atoms with Gasteiger partial charge >= 0.3 is 6.00 Å². The van der Waals surface area contributed by atoms with Gasteiger partial charge in [0.1, 0.15) is 0 Å². The number of benzene rings is 1. The van der Waals surface area contributed by atoms with Crippen molar-refractivity contribution in [2.24, 2.45) is 0 Å². The van der Waals surface area contributed by atoms with Crippen LogP contribution in [0.15, 0.2) is 24.3 Å². The van der Waals surface area contributed by atoms with Crippen molar-refractivity contribution >= 4 is 50.8 Å². The average molecular weight is 283 g/mol. The molecule has 15 heavy (non-hydrogen) atoms. The van der Waals surface area contributed by atoms with Crippen LogP contribution in [0.3, 0.4) is 0 Å². The summed E-state index contributed by atoms with van der Waals surface area (Å²) in [4.78, 5) is 10.8. The minimum absolute atomic E-state index is 0.0986. The molecule has 2 nitrogen and oxygen atoms in total. The molecule has 0 fully saturated rings. The molecule has 0 aliphatic rings. The van der Waals surface area contributed by atoms with E-state index < -0.39 is 6.00 Å². The fourth-order valence-corrected chi connectivity index (χ4v) is 3.23. The zero-order valence-corrected chi connectivity index (χ0v) is 11.3. The molecule has 0 saturated carbocycles. The van der Waals surface area contributed by atoms with Crippen LogP contribution >= 0.6 is 33.2 Å². The summed E-state index contributed by atoms with van der Waals surface area (Å²) in [7, 11) is 0. The van der Waals surface area contributed by atoms with Crippen LogP contribution in [0.1, 0.15) is 12.5 Å². The number of halogens is 3. The van der Waals surface area contributed by atoms with Crippen LogP contribution in [0.5, 0.6) is 0 Å². The van der Waals surface area contributed by atoms with E-state index in [1.807, 2.05) is 12.1 Å². The predicted octanol–water partition coefficient (Wildman–Crippen LogP) is 3.38. The van der Waals surface area contributed by atoms with Crippen molar-refractivity contribution in [3.8, 4) is 0 Å². The Morgan fingerprint density at radius 2 is 1.80 bits per heavy atom. The smallest absolute Gasteiger partial charge is 0.326 e. The van der Waals surface area contributed by atoms with Gasteiger partial charge in [0, 0.05) is 18.7 Å². The highest BCUT2D eigenvalue weighted by atomic mass is 35.8. The molecule has 0 aliphatic carbocycles. The van der Waals surface area contributed by atoms with E-state index in [-0.39, 0.29) is 5.91 Å². The van der Waals surface area contributed by atoms with E-state index in [1.54, 1.807) is 12.1 Å². The van der Waals surface area contributed by atoms with Gasteiger partial charge in [0.2, 0.25) is 5.91 Å². The average Bonchev–Trinajstić information content (AvgIpc) is 2.05. The Labute approximate surface area is 104 Å². The molecule has 0 aromatic heterocycles. The maximum absolute atomic E-state index is 10.8. The normalized spacial score (nSPS) is 11.2. The highest BCUT2D eigenvalue weighted by Gasteiger charge is 2.24. The van der Waals surface area contributed by atoms with Crippen LogP contribution in [0.4, 0.5) is 5.69 Å². The molecule has 1 aromatic rings. The Kier molecular flexibility index (Phi) is 4.46. The standard InChI is InChI=1S/C9H10Cl3NOSi/c1-7(14)13-9-4-2-8(3-5-9)6-15(10,11)12/h2-5H,6H2,1H3,(H,13,14). The summed E-state index contributed by atoms with van der Waals surface area (Å²) >= 11 is 17.4. The summed E-state index contributed by atoms with van der Waals surface area (Å²) in [6.45, 7) is 1.46. The van der Waals surface area contributed by atoms with Crippen molar-refractivity contribution < 1.29 is 4.79 Å². The quantitative estimate of drug-likeness (QED) is 0.668. The maximum atomic E-state index is 10.8. The molecular formula is C9H10Cl3NOSi. The summed E-state index contributed by atoms with van der Waals surface area (Å²) in [6.07, 6.45) is 0. The Morgan fingerprint density at radius 3 is 2.20 bits per heavy atom. The number of carbonyl (C=O) groups is 1. The molecule has 0 unspecified atom stereocenters. The fraction of sp³-hybridized carbons (Fsp3) is 0.222. The first-order valence-electron chi connectivity index (χ1n) is 4.30. The molecule has 1 rings (SSSR count). The van der Waals surface area contributed by atoms with Crippen LogP contribution in [-0.4, -0.2) is 11.9 Å². The van der Waals surface area contributed by atoms with Gasteiger partial charge in [0.05, 0.1) is 0 Å². The first-order chi connectivity index (χ1) is 6.87. The molecule has 0 aliphatic heterocycles. The third-order valence-corrected chi connectivity index (χ3v) is 3.69. The second-order valence-corrected chi connectivity index (χ2v) is 12.3. The number of carbonyl (C=O) groups excluding carboxylic acids is 1. The minimum Gasteiger partial charge on any atom is -0.326 e. The molecule has 1 N–H and O–H groups in total. The third-order valence-electron chi connectivity index (χ3n) is 1.68. The lowest BCUT2D eigenvalue weighted by Gasteiger charge is -2.08. The Balaban J connectivity index is 2.68. The van der Waals surface area contributed by atoms with Gasteiger partial charge in [-0.15, -0.1) is 33.2 Å². The topological polar surface area (TPSA) is 29.1 Å². The van der Waals surface area contributed by atoms with Crippen LogP contribution in [0.25, 0.3) is 0 Å². The van der Waals surface area contributed by atoms with Gasteiger partial charge in [-0.25, -0.2) is 0 Å². The Bertz CT molecular complexity index is 347. The molecular weight excluding hydrogens is 273 g/mol. The van der Waals surface area contributed by atoms with Crippen molar-refractivity contribution in [3.05, 3.63) is 29.8 Å². The summed E-state index contributed by atoms with van der Waals surface area (Å²) in [5.74, 6) is -0.0986. The van der Waals surface area contributed by atoms with E-state index in [0.29, 0.717) is 6.04 Å².